The van der Waals surface area contributed by atoms with Gasteiger partial charge in [0, 0.05) is 22.1 Å². The Kier molecular flexibility index (Phi) is 7.51. The number of rotatable bonds is 6. The van der Waals surface area contributed by atoms with Gasteiger partial charge in [0.2, 0.25) is 0 Å². The van der Waals surface area contributed by atoms with Gasteiger partial charge in [-0.1, -0.05) is 178 Å². The lowest BCUT2D eigenvalue weighted by Gasteiger charge is -2.21. The summed E-state index contributed by atoms with van der Waals surface area (Å²) in [5, 5.41) is 0. The maximum absolute atomic E-state index is 5.14. The molecule has 1 aromatic heterocycles. The minimum Gasteiger partial charge on any atom is -0.228 e. The number of aromatic nitrogens is 2. The molecule has 0 spiro atoms. The predicted molar refractivity (Wildman–Crippen MR) is 212 cm³/mol. The highest BCUT2D eigenvalue weighted by Crippen LogP contribution is 2.52. The third-order valence-electron chi connectivity index (χ3n) is 10.3. The highest BCUT2D eigenvalue weighted by atomic mass is 14.9. The van der Waals surface area contributed by atoms with Crippen molar-refractivity contribution in [3.8, 4) is 78.4 Å². The van der Waals surface area contributed by atoms with Crippen LogP contribution in [0.15, 0.2) is 182 Å². The minimum atomic E-state index is -0.0265. The molecule has 0 bridgehead atoms. The second-order valence-corrected chi connectivity index (χ2v) is 13.8. The average molecular weight is 653 g/mol. The topological polar surface area (TPSA) is 25.8 Å². The number of hydrogen-bond donors (Lipinski definition) is 0. The summed E-state index contributed by atoms with van der Waals surface area (Å²) in [7, 11) is 0. The zero-order valence-corrected chi connectivity index (χ0v) is 28.7. The molecule has 2 nitrogen and oxygen atoms in total. The second kappa shape index (κ2) is 12.5. The van der Waals surface area contributed by atoms with Crippen LogP contribution in [0.25, 0.3) is 78.4 Å². The highest BCUT2D eigenvalue weighted by molar-refractivity contribution is 5.93. The van der Waals surface area contributed by atoms with Crippen LogP contribution < -0.4 is 0 Å². The van der Waals surface area contributed by atoms with E-state index in [-0.39, 0.29) is 5.41 Å². The van der Waals surface area contributed by atoms with Crippen molar-refractivity contribution in [2.45, 2.75) is 19.3 Å². The van der Waals surface area contributed by atoms with E-state index < -0.39 is 0 Å². The van der Waals surface area contributed by atoms with Gasteiger partial charge in [0.25, 0.3) is 0 Å². The molecule has 2 heteroatoms. The SMILES string of the molecule is CC1(C)c2ccccc2-c2c(-c3cccc(-c4ccc(-c5cc(-c6ccccc6)nc(-c6cccc(-c7ccccc7)c6)n5)cc4)c3)cccc21. The Hall–Kier alpha value is -6.38. The largest absolute Gasteiger partial charge is 0.228 e. The Morgan fingerprint density at radius 2 is 0.784 bits per heavy atom. The molecule has 51 heavy (non-hydrogen) atoms. The van der Waals surface area contributed by atoms with Crippen LogP contribution >= 0.6 is 0 Å². The third-order valence-corrected chi connectivity index (χ3v) is 10.3. The lowest BCUT2D eigenvalue weighted by Crippen LogP contribution is -2.14. The normalized spacial score (nSPS) is 12.7. The van der Waals surface area contributed by atoms with Gasteiger partial charge in [0.15, 0.2) is 5.82 Å². The lowest BCUT2D eigenvalue weighted by atomic mass is 9.82. The fourth-order valence-electron chi connectivity index (χ4n) is 7.64. The molecule has 1 aliphatic rings. The lowest BCUT2D eigenvalue weighted by molar-refractivity contribution is 0.660. The monoisotopic (exact) mass is 652 g/mol. The molecule has 0 radical (unpaired) electrons. The van der Waals surface area contributed by atoms with Crippen LogP contribution in [-0.4, -0.2) is 9.97 Å². The van der Waals surface area contributed by atoms with Gasteiger partial charge in [-0.25, -0.2) is 9.97 Å². The maximum atomic E-state index is 5.14. The second-order valence-electron chi connectivity index (χ2n) is 13.8. The summed E-state index contributed by atoms with van der Waals surface area (Å²) in [6.07, 6.45) is 0. The fourth-order valence-corrected chi connectivity index (χ4v) is 7.64. The third kappa shape index (κ3) is 5.56. The smallest absolute Gasteiger partial charge is 0.160 e. The van der Waals surface area contributed by atoms with Crippen molar-refractivity contribution in [3.63, 3.8) is 0 Å². The Balaban J connectivity index is 1.09. The molecule has 1 heterocycles. The van der Waals surface area contributed by atoms with Crippen LogP contribution in [-0.2, 0) is 5.41 Å². The molecule has 1 aliphatic carbocycles. The molecule has 0 saturated carbocycles. The number of fused-ring (bicyclic) bond motifs is 3. The summed E-state index contributed by atoms with van der Waals surface area (Å²) in [5.41, 5.74) is 17.5. The molecule has 7 aromatic carbocycles. The van der Waals surface area contributed by atoms with E-state index in [0.717, 1.165) is 33.6 Å². The highest BCUT2D eigenvalue weighted by Gasteiger charge is 2.36. The number of benzene rings is 7. The van der Waals surface area contributed by atoms with E-state index in [1.807, 2.05) is 12.1 Å². The van der Waals surface area contributed by atoms with Crippen molar-refractivity contribution in [2.75, 3.05) is 0 Å². The Labute approximate surface area is 299 Å². The minimum absolute atomic E-state index is 0.0265. The molecule has 9 rings (SSSR count). The first-order valence-corrected chi connectivity index (χ1v) is 17.6. The standard InChI is InChI=1S/C49H36N2/c1-49(2)43-24-10-9-22-42(43)47-41(23-13-25-44(47)49)39-20-11-18-37(30-39)34-26-28-36(29-27-34)46-32-45(35-16-7-4-8-17-35)50-48(51-46)40-21-12-19-38(31-40)33-14-5-3-6-15-33/h3-32H,1-2H3. The Bertz CT molecular complexity index is 2530. The van der Waals surface area contributed by atoms with Gasteiger partial charge in [-0.2, -0.15) is 0 Å². The van der Waals surface area contributed by atoms with E-state index >= 15 is 0 Å². The molecule has 0 atom stereocenters. The fraction of sp³-hybridized carbons (Fsp3) is 0.0612. The van der Waals surface area contributed by atoms with Crippen LogP contribution in [0.2, 0.25) is 0 Å². The molecule has 0 amide bonds. The van der Waals surface area contributed by atoms with Gasteiger partial charge in [-0.3, -0.25) is 0 Å². The summed E-state index contributed by atoms with van der Waals surface area (Å²) in [6, 6.07) is 64.8. The number of hydrogen-bond acceptors (Lipinski definition) is 2. The van der Waals surface area contributed by atoms with Crippen molar-refractivity contribution in [3.05, 3.63) is 193 Å². The molecule has 242 valence electrons. The van der Waals surface area contributed by atoms with Gasteiger partial charge in [0.05, 0.1) is 11.4 Å². The van der Waals surface area contributed by atoms with E-state index in [4.69, 9.17) is 9.97 Å². The summed E-state index contributed by atoms with van der Waals surface area (Å²) in [4.78, 5) is 10.2. The first kappa shape index (κ1) is 30.7. The summed E-state index contributed by atoms with van der Waals surface area (Å²) < 4.78 is 0. The first-order valence-electron chi connectivity index (χ1n) is 17.6. The molecular formula is C49H36N2. The van der Waals surface area contributed by atoms with E-state index in [1.165, 1.54) is 50.1 Å². The van der Waals surface area contributed by atoms with E-state index in [2.05, 4.69) is 184 Å². The van der Waals surface area contributed by atoms with Crippen molar-refractivity contribution in [1.82, 2.24) is 9.97 Å². The van der Waals surface area contributed by atoms with Gasteiger partial charge in [0.1, 0.15) is 0 Å². The Morgan fingerprint density at radius 1 is 0.333 bits per heavy atom. The van der Waals surface area contributed by atoms with E-state index in [1.54, 1.807) is 0 Å². The van der Waals surface area contributed by atoms with Crippen LogP contribution in [0.4, 0.5) is 0 Å². The van der Waals surface area contributed by atoms with E-state index in [9.17, 15) is 0 Å². The van der Waals surface area contributed by atoms with Crippen molar-refractivity contribution in [2.24, 2.45) is 0 Å². The number of nitrogens with zero attached hydrogens (tertiary/aromatic N) is 2. The molecule has 0 fully saturated rings. The summed E-state index contributed by atoms with van der Waals surface area (Å²) >= 11 is 0. The zero-order valence-electron chi connectivity index (χ0n) is 28.7. The van der Waals surface area contributed by atoms with Crippen LogP contribution in [0.3, 0.4) is 0 Å². The molecule has 0 unspecified atom stereocenters. The van der Waals surface area contributed by atoms with Gasteiger partial charge >= 0.3 is 0 Å². The van der Waals surface area contributed by atoms with Crippen molar-refractivity contribution in [1.29, 1.82) is 0 Å². The van der Waals surface area contributed by atoms with Crippen molar-refractivity contribution >= 4 is 0 Å². The van der Waals surface area contributed by atoms with Gasteiger partial charge in [-0.05, 0) is 73.8 Å². The summed E-state index contributed by atoms with van der Waals surface area (Å²) in [5.74, 6) is 0.709. The van der Waals surface area contributed by atoms with Crippen LogP contribution in [0.1, 0.15) is 25.0 Å². The van der Waals surface area contributed by atoms with Crippen molar-refractivity contribution < 1.29 is 0 Å². The Morgan fingerprint density at radius 3 is 1.49 bits per heavy atom. The molecule has 8 aromatic rings. The van der Waals surface area contributed by atoms with Gasteiger partial charge in [-0.15, -0.1) is 0 Å². The molecular weight excluding hydrogens is 617 g/mol. The van der Waals surface area contributed by atoms with Crippen LogP contribution in [0, 0.1) is 0 Å². The zero-order chi connectivity index (χ0) is 34.4. The van der Waals surface area contributed by atoms with Gasteiger partial charge < -0.3 is 0 Å². The quantitative estimate of drug-likeness (QED) is 0.179. The summed E-state index contributed by atoms with van der Waals surface area (Å²) in [6.45, 7) is 4.68. The first-order chi connectivity index (χ1) is 25.0. The molecule has 0 N–H and O–H groups in total. The average Bonchev–Trinajstić information content (AvgIpc) is 3.44. The van der Waals surface area contributed by atoms with E-state index in [0.29, 0.717) is 5.82 Å². The molecule has 0 saturated heterocycles. The molecule has 0 aliphatic heterocycles. The van der Waals surface area contributed by atoms with Crippen LogP contribution in [0.5, 0.6) is 0 Å². The predicted octanol–water partition coefficient (Wildman–Crippen LogP) is 12.8. The maximum Gasteiger partial charge on any atom is 0.160 e.